The van der Waals surface area contributed by atoms with Crippen LogP contribution in [0.3, 0.4) is 0 Å². The van der Waals surface area contributed by atoms with Crippen LogP contribution in [-0.2, 0) is 16.1 Å². The Balaban J connectivity index is 1.84. The highest BCUT2D eigenvalue weighted by molar-refractivity contribution is 5.45. The summed E-state index contributed by atoms with van der Waals surface area (Å²) < 4.78 is 16.4. The third-order valence-corrected chi connectivity index (χ3v) is 3.23. The second-order valence-electron chi connectivity index (χ2n) is 4.65. The summed E-state index contributed by atoms with van der Waals surface area (Å²) in [5.41, 5.74) is 1.55. The van der Waals surface area contributed by atoms with Crippen LogP contribution in [0.1, 0.15) is 30.4 Å². The zero-order valence-corrected chi connectivity index (χ0v) is 11.2. The third kappa shape index (κ3) is 3.95. The predicted octanol–water partition coefficient (Wildman–Crippen LogP) is 2.65. The van der Waals surface area contributed by atoms with Gasteiger partial charge in [-0.25, -0.2) is 0 Å². The highest BCUT2D eigenvalue weighted by Gasteiger charge is 2.13. The molecule has 0 spiro atoms. The van der Waals surface area contributed by atoms with Gasteiger partial charge in [0.05, 0.1) is 32.0 Å². The second kappa shape index (κ2) is 7.13. The SMILES string of the molecule is COc1cc(COCC2CCCCO2)ccc1C#N. The summed E-state index contributed by atoms with van der Waals surface area (Å²) in [7, 11) is 1.57. The van der Waals surface area contributed by atoms with E-state index in [9.17, 15) is 0 Å². The van der Waals surface area contributed by atoms with Crippen molar-refractivity contribution in [2.45, 2.75) is 32.0 Å². The van der Waals surface area contributed by atoms with Crippen molar-refractivity contribution >= 4 is 0 Å². The molecule has 1 atom stereocenters. The van der Waals surface area contributed by atoms with Gasteiger partial charge in [0, 0.05) is 6.61 Å². The van der Waals surface area contributed by atoms with Crippen LogP contribution in [0.2, 0.25) is 0 Å². The number of methoxy groups -OCH3 is 1. The molecule has 1 saturated heterocycles. The summed E-state index contributed by atoms with van der Waals surface area (Å²) in [4.78, 5) is 0. The molecule has 0 aromatic heterocycles. The van der Waals surface area contributed by atoms with Gasteiger partial charge in [0.2, 0.25) is 0 Å². The smallest absolute Gasteiger partial charge is 0.136 e. The van der Waals surface area contributed by atoms with Gasteiger partial charge in [0.15, 0.2) is 0 Å². The Kier molecular flexibility index (Phi) is 5.20. The van der Waals surface area contributed by atoms with Crippen LogP contribution in [0.25, 0.3) is 0 Å². The van der Waals surface area contributed by atoms with E-state index in [1.807, 2.05) is 12.1 Å². The first kappa shape index (κ1) is 13.9. The molecular weight excluding hydrogens is 242 g/mol. The van der Waals surface area contributed by atoms with Crippen LogP contribution in [0.4, 0.5) is 0 Å². The van der Waals surface area contributed by atoms with Crippen molar-refractivity contribution in [3.63, 3.8) is 0 Å². The summed E-state index contributed by atoms with van der Waals surface area (Å²) in [6.45, 7) is 1.99. The first-order valence-corrected chi connectivity index (χ1v) is 6.60. The molecule has 0 amide bonds. The van der Waals surface area contributed by atoms with Crippen molar-refractivity contribution in [2.24, 2.45) is 0 Å². The lowest BCUT2D eigenvalue weighted by Crippen LogP contribution is -2.24. The molecule has 4 heteroatoms. The summed E-state index contributed by atoms with van der Waals surface area (Å²) in [6.07, 6.45) is 3.69. The molecule has 1 unspecified atom stereocenters. The van der Waals surface area contributed by atoms with Gasteiger partial charge in [-0.05, 0) is 37.0 Å². The van der Waals surface area contributed by atoms with Gasteiger partial charge in [-0.15, -0.1) is 0 Å². The standard InChI is InChI=1S/C15H19NO3/c1-17-15-8-12(5-6-13(15)9-16)10-18-11-14-4-2-3-7-19-14/h5-6,8,14H,2-4,7,10-11H2,1H3. The molecule has 0 aliphatic carbocycles. The van der Waals surface area contributed by atoms with Crippen molar-refractivity contribution < 1.29 is 14.2 Å². The molecule has 102 valence electrons. The molecule has 0 radical (unpaired) electrons. The molecule has 1 fully saturated rings. The van der Waals surface area contributed by atoms with E-state index < -0.39 is 0 Å². The van der Waals surface area contributed by atoms with Crippen molar-refractivity contribution in [3.8, 4) is 11.8 Å². The molecule has 0 bridgehead atoms. The van der Waals surface area contributed by atoms with E-state index in [4.69, 9.17) is 19.5 Å². The molecule has 0 saturated carbocycles. The fourth-order valence-corrected chi connectivity index (χ4v) is 2.16. The van der Waals surface area contributed by atoms with Crippen LogP contribution >= 0.6 is 0 Å². The van der Waals surface area contributed by atoms with Crippen LogP contribution in [-0.4, -0.2) is 26.4 Å². The zero-order valence-electron chi connectivity index (χ0n) is 11.2. The van der Waals surface area contributed by atoms with E-state index in [2.05, 4.69) is 6.07 Å². The quantitative estimate of drug-likeness (QED) is 0.817. The molecule has 1 heterocycles. The molecular formula is C15H19NO3. The average molecular weight is 261 g/mol. The van der Waals surface area contributed by atoms with Crippen LogP contribution < -0.4 is 4.74 Å². The first-order valence-electron chi connectivity index (χ1n) is 6.60. The second-order valence-corrected chi connectivity index (χ2v) is 4.65. The topological polar surface area (TPSA) is 51.5 Å². The fraction of sp³-hybridized carbons (Fsp3) is 0.533. The summed E-state index contributed by atoms with van der Waals surface area (Å²) >= 11 is 0. The summed E-state index contributed by atoms with van der Waals surface area (Å²) in [5, 5.41) is 8.91. The monoisotopic (exact) mass is 261 g/mol. The fourth-order valence-electron chi connectivity index (χ4n) is 2.16. The van der Waals surface area contributed by atoms with Gasteiger partial charge < -0.3 is 14.2 Å². The molecule has 1 aliphatic heterocycles. The van der Waals surface area contributed by atoms with E-state index in [1.54, 1.807) is 13.2 Å². The molecule has 19 heavy (non-hydrogen) atoms. The predicted molar refractivity (Wildman–Crippen MR) is 71.0 cm³/mol. The van der Waals surface area contributed by atoms with Crippen molar-refractivity contribution in [2.75, 3.05) is 20.3 Å². The molecule has 1 aliphatic rings. The Hall–Kier alpha value is -1.57. The Morgan fingerprint density at radius 2 is 2.32 bits per heavy atom. The lowest BCUT2D eigenvalue weighted by molar-refractivity contribution is -0.0447. The van der Waals surface area contributed by atoms with E-state index in [-0.39, 0.29) is 6.10 Å². The Labute approximate surface area is 113 Å². The number of nitriles is 1. The van der Waals surface area contributed by atoms with Crippen LogP contribution in [0, 0.1) is 11.3 Å². The first-order chi connectivity index (χ1) is 9.33. The van der Waals surface area contributed by atoms with Gasteiger partial charge in [-0.3, -0.25) is 0 Å². The minimum Gasteiger partial charge on any atom is -0.495 e. The lowest BCUT2D eigenvalue weighted by atomic mass is 10.1. The van der Waals surface area contributed by atoms with Gasteiger partial charge in [-0.1, -0.05) is 6.07 Å². The number of ether oxygens (including phenoxy) is 3. The number of nitrogens with zero attached hydrogens (tertiary/aromatic N) is 1. The van der Waals surface area contributed by atoms with Gasteiger partial charge in [0.25, 0.3) is 0 Å². The minimum absolute atomic E-state index is 0.231. The average Bonchev–Trinajstić information content (AvgIpc) is 2.48. The number of benzene rings is 1. The minimum atomic E-state index is 0.231. The summed E-state index contributed by atoms with van der Waals surface area (Å²) in [5.74, 6) is 0.595. The van der Waals surface area contributed by atoms with Gasteiger partial charge in [-0.2, -0.15) is 5.26 Å². The zero-order chi connectivity index (χ0) is 13.5. The largest absolute Gasteiger partial charge is 0.495 e. The van der Waals surface area contributed by atoms with E-state index in [0.29, 0.717) is 24.5 Å². The number of hydrogen-bond donors (Lipinski definition) is 0. The lowest BCUT2D eigenvalue weighted by Gasteiger charge is -2.22. The third-order valence-electron chi connectivity index (χ3n) is 3.23. The van der Waals surface area contributed by atoms with Crippen molar-refractivity contribution in [1.82, 2.24) is 0 Å². The highest BCUT2D eigenvalue weighted by Crippen LogP contribution is 2.20. The Bertz CT molecular complexity index is 447. The summed E-state index contributed by atoms with van der Waals surface area (Å²) in [6, 6.07) is 7.59. The Morgan fingerprint density at radius 1 is 1.42 bits per heavy atom. The maximum Gasteiger partial charge on any atom is 0.136 e. The van der Waals surface area contributed by atoms with E-state index >= 15 is 0 Å². The van der Waals surface area contributed by atoms with Gasteiger partial charge >= 0.3 is 0 Å². The molecule has 0 N–H and O–H groups in total. The van der Waals surface area contributed by atoms with E-state index in [1.165, 1.54) is 6.42 Å². The van der Waals surface area contributed by atoms with Crippen molar-refractivity contribution in [3.05, 3.63) is 29.3 Å². The van der Waals surface area contributed by atoms with Crippen LogP contribution in [0.15, 0.2) is 18.2 Å². The van der Waals surface area contributed by atoms with Crippen LogP contribution in [0.5, 0.6) is 5.75 Å². The molecule has 2 rings (SSSR count). The van der Waals surface area contributed by atoms with Crippen molar-refractivity contribution in [1.29, 1.82) is 5.26 Å². The van der Waals surface area contributed by atoms with E-state index in [0.717, 1.165) is 25.0 Å². The molecule has 1 aromatic rings. The maximum absolute atomic E-state index is 8.91. The Morgan fingerprint density at radius 3 is 3.00 bits per heavy atom. The molecule has 4 nitrogen and oxygen atoms in total. The van der Waals surface area contributed by atoms with Gasteiger partial charge in [0.1, 0.15) is 11.8 Å². The number of hydrogen-bond acceptors (Lipinski definition) is 4. The highest BCUT2D eigenvalue weighted by atomic mass is 16.5. The normalized spacial score (nSPS) is 18.8. The molecule has 1 aromatic carbocycles. The number of rotatable bonds is 5. The maximum atomic E-state index is 8.91.